The molecule has 0 aromatic heterocycles. The van der Waals surface area contributed by atoms with Gasteiger partial charge in [-0.1, -0.05) is 22.0 Å². The van der Waals surface area contributed by atoms with Crippen LogP contribution in [-0.2, 0) is 4.79 Å². The van der Waals surface area contributed by atoms with Gasteiger partial charge < -0.3 is 15.5 Å². The van der Waals surface area contributed by atoms with Crippen molar-refractivity contribution in [1.29, 1.82) is 0 Å². The van der Waals surface area contributed by atoms with Gasteiger partial charge in [0.05, 0.1) is 0 Å². The summed E-state index contributed by atoms with van der Waals surface area (Å²) in [4.78, 5) is 14.0. The van der Waals surface area contributed by atoms with Crippen molar-refractivity contribution in [2.24, 2.45) is 0 Å². The van der Waals surface area contributed by atoms with E-state index >= 15 is 0 Å². The van der Waals surface area contributed by atoms with Crippen LogP contribution in [0.1, 0.15) is 0 Å². The highest BCUT2D eigenvalue weighted by atomic mass is 79.9. The molecule has 1 heterocycles. The van der Waals surface area contributed by atoms with E-state index in [0.717, 1.165) is 16.7 Å². The molecule has 1 unspecified atom stereocenters. The lowest BCUT2D eigenvalue weighted by molar-refractivity contribution is -0.123. The fraction of sp³-hybridized carbons (Fsp3) is 0.417. The molecular formula is C12H16BrN3O. The number of carbonyl (C=O) groups excluding carboxylic acids is 1. The Labute approximate surface area is 110 Å². The molecule has 1 fully saturated rings. The first kappa shape index (κ1) is 12.4. The summed E-state index contributed by atoms with van der Waals surface area (Å²) < 4.78 is 1.03. The van der Waals surface area contributed by atoms with Crippen LogP contribution in [-0.4, -0.2) is 38.6 Å². The summed E-state index contributed by atoms with van der Waals surface area (Å²) >= 11 is 3.46. The third-order valence-electron chi connectivity index (χ3n) is 2.87. The molecule has 1 atom stereocenters. The Morgan fingerprint density at radius 1 is 1.59 bits per heavy atom. The number of benzene rings is 1. The molecule has 1 aliphatic rings. The topological polar surface area (TPSA) is 44.4 Å². The normalized spacial score (nSPS) is 20.2. The van der Waals surface area contributed by atoms with Crippen molar-refractivity contribution in [2.45, 2.75) is 6.04 Å². The van der Waals surface area contributed by atoms with E-state index in [0.29, 0.717) is 13.1 Å². The number of likely N-dealkylation sites (N-methyl/N-ethyl adjacent to an activating group) is 1. The third-order valence-corrected chi connectivity index (χ3v) is 3.36. The Kier molecular flexibility index (Phi) is 4.02. The number of amides is 1. The maximum Gasteiger partial charge on any atom is 0.244 e. The lowest BCUT2D eigenvalue weighted by Gasteiger charge is -2.36. The van der Waals surface area contributed by atoms with Gasteiger partial charge in [-0.2, -0.15) is 0 Å². The summed E-state index contributed by atoms with van der Waals surface area (Å²) in [5.41, 5.74) is 1.08. The second-order valence-corrected chi connectivity index (χ2v) is 4.95. The summed E-state index contributed by atoms with van der Waals surface area (Å²) in [7, 11) is 1.86. The minimum atomic E-state index is -0.136. The maximum absolute atomic E-state index is 11.8. The molecule has 1 amide bonds. The molecule has 2 rings (SSSR count). The van der Waals surface area contributed by atoms with Crippen LogP contribution in [0.5, 0.6) is 0 Å². The number of hydrogen-bond donors (Lipinski definition) is 2. The number of rotatable bonds is 3. The Morgan fingerprint density at radius 2 is 2.41 bits per heavy atom. The van der Waals surface area contributed by atoms with Gasteiger partial charge in [0.15, 0.2) is 0 Å². The molecule has 5 heteroatoms. The van der Waals surface area contributed by atoms with Crippen LogP contribution >= 0.6 is 15.9 Å². The van der Waals surface area contributed by atoms with E-state index in [4.69, 9.17) is 0 Å². The zero-order chi connectivity index (χ0) is 12.3. The van der Waals surface area contributed by atoms with E-state index in [1.165, 1.54) is 0 Å². The van der Waals surface area contributed by atoms with Crippen molar-refractivity contribution in [1.82, 2.24) is 10.6 Å². The molecule has 0 radical (unpaired) electrons. The van der Waals surface area contributed by atoms with Gasteiger partial charge in [0.1, 0.15) is 6.04 Å². The fourth-order valence-corrected chi connectivity index (χ4v) is 2.46. The Bertz CT molecular complexity index is 410. The summed E-state index contributed by atoms with van der Waals surface area (Å²) in [6.45, 7) is 2.19. The van der Waals surface area contributed by atoms with Crippen molar-refractivity contribution in [3.05, 3.63) is 28.7 Å². The van der Waals surface area contributed by atoms with E-state index in [-0.39, 0.29) is 11.9 Å². The average Bonchev–Trinajstić information content (AvgIpc) is 2.32. The predicted octanol–water partition coefficient (Wildman–Crippen LogP) is 0.973. The van der Waals surface area contributed by atoms with Gasteiger partial charge >= 0.3 is 0 Å². The standard InChI is InChI=1S/C12H16BrN3O/c1-14-8-11-12(17)15-5-6-16(11)10-4-2-3-9(13)7-10/h2-4,7,11,14H,5-6,8H2,1H3,(H,15,17). The van der Waals surface area contributed by atoms with Gasteiger partial charge in [-0.15, -0.1) is 0 Å². The monoisotopic (exact) mass is 297 g/mol. The van der Waals surface area contributed by atoms with Crippen LogP contribution < -0.4 is 15.5 Å². The third kappa shape index (κ3) is 2.79. The molecule has 4 nitrogen and oxygen atoms in total. The zero-order valence-electron chi connectivity index (χ0n) is 9.74. The highest BCUT2D eigenvalue weighted by Crippen LogP contribution is 2.22. The minimum Gasteiger partial charge on any atom is -0.357 e. The van der Waals surface area contributed by atoms with Crippen molar-refractivity contribution in [3.8, 4) is 0 Å². The first-order chi connectivity index (χ1) is 8.22. The first-order valence-corrected chi connectivity index (χ1v) is 6.46. The largest absolute Gasteiger partial charge is 0.357 e. The second-order valence-electron chi connectivity index (χ2n) is 4.04. The molecule has 92 valence electrons. The number of hydrogen-bond acceptors (Lipinski definition) is 3. The minimum absolute atomic E-state index is 0.0885. The van der Waals surface area contributed by atoms with Crippen LogP contribution in [0.4, 0.5) is 5.69 Å². The zero-order valence-corrected chi connectivity index (χ0v) is 11.3. The highest BCUT2D eigenvalue weighted by Gasteiger charge is 2.29. The SMILES string of the molecule is CNCC1C(=O)NCCN1c1cccc(Br)c1. The molecule has 1 aromatic carbocycles. The van der Waals surface area contributed by atoms with Crippen LogP contribution in [0.3, 0.4) is 0 Å². The number of anilines is 1. The molecule has 0 saturated carbocycles. The molecule has 0 spiro atoms. The molecule has 0 aliphatic carbocycles. The molecular weight excluding hydrogens is 282 g/mol. The number of carbonyl (C=O) groups is 1. The van der Waals surface area contributed by atoms with E-state index in [9.17, 15) is 4.79 Å². The second kappa shape index (κ2) is 5.51. The number of halogens is 1. The summed E-state index contributed by atoms with van der Waals surface area (Å²) in [6.07, 6.45) is 0. The molecule has 2 N–H and O–H groups in total. The molecule has 1 saturated heterocycles. The Hall–Kier alpha value is -1.07. The van der Waals surface area contributed by atoms with Crippen molar-refractivity contribution < 1.29 is 4.79 Å². The van der Waals surface area contributed by atoms with E-state index < -0.39 is 0 Å². The molecule has 17 heavy (non-hydrogen) atoms. The Morgan fingerprint density at radius 3 is 3.12 bits per heavy atom. The maximum atomic E-state index is 11.8. The van der Waals surface area contributed by atoms with E-state index in [1.54, 1.807) is 0 Å². The predicted molar refractivity (Wildman–Crippen MR) is 72.2 cm³/mol. The van der Waals surface area contributed by atoms with Gasteiger partial charge in [0, 0.05) is 29.8 Å². The Balaban J connectivity index is 2.24. The van der Waals surface area contributed by atoms with Gasteiger partial charge in [-0.05, 0) is 25.2 Å². The van der Waals surface area contributed by atoms with Gasteiger partial charge in [0.25, 0.3) is 0 Å². The van der Waals surface area contributed by atoms with Crippen molar-refractivity contribution in [2.75, 3.05) is 31.6 Å². The van der Waals surface area contributed by atoms with E-state index in [1.807, 2.05) is 31.3 Å². The lowest BCUT2D eigenvalue weighted by atomic mass is 10.1. The van der Waals surface area contributed by atoms with Crippen LogP contribution in [0.25, 0.3) is 0 Å². The fourth-order valence-electron chi connectivity index (χ4n) is 2.07. The quantitative estimate of drug-likeness (QED) is 0.874. The van der Waals surface area contributed by atoms with Crippen molar-refractivity contribution >= 4 is 27.5 Å². The number of nitrogens with one attached hydrogen (secondary N) is 2. The van der Waals surface area contributed by atoms with Crippen LogP contribution in [0.15, 0.2) is 28.7 Å². The molecule has 0 bridgehead atoms. The van der Waals surface area contributed by atoms with Crippen LogP contribution in [0, 0.1) is 0 Å². The highest BCUT2D eigenvalue weighted by molar-refractivity contribution is 9.10. The summed E-state index contributed by atoms with van der Waals surface area (Å²) in [5.74, 6) is 0.0885. The van der Waals surface area contributed by atoms with E-state index in [2.05, 4.69) is 31.5 Å². The number of nitrogens with zero attached hydrogens (tertiary/aromatic N) is 1. The number of piperazine rings is 1. The van der Waals surface area contributed by atoms with Crippen molar-refractivity contribution in [3.63, 3.8) is 0 Å². The lowest BCUT2D eigenvalue weighted by Crippen LogP contribution is -2.58. The average molecular weight is 298 g/mol. The van der Waals surface area contributed by atoms with Gasteiger partial charge in [-0.25, -0.2) is 0 Å². The molecule has 1 aromatic rings. The van der Waals surface area contributed by atoms with Gasteiger partial charge in [-0.3, -0.25) is 4.79 Å². The molecule has 1 aliphatic heterocycles. The summed E-state index contributed by atoms with van der Waals surface area (Å²) in [5, 5.41) is 5.97. The van der Waals surface area contributed by atoms with Crippen LogP contribution in [0.2, 0.25) is 0 Å². The van der Waals surface area contributed by atoms with Gasteiger partial charge in [0.2, 0.25) is 5.91 Å². The first-order valence-electron chi connectivity index (χ1n) is 5.67. The summed E-state index contributed by atoms with van der Waals surface area (Å²) in [6, 6.07) is 7.92. The smallest absolute Gasteiger partial charge is 0.244 e.